The Morgan fingerprint density at radius 3 is 2.45 bits per heavy atom. The quantitative estimate of drug-likeness (QED) is 0.773. The van der Waals surface area contributed by atoms with E-state index in [0.29, 0.717) is 6.42 Å². The zero-order chi connectivity index (χ0) is 15.0. The van der Waals surface area contributed by atoms with Crippen LogP contribution in [0.25, 0.3) is 0 Å². The summed E-state index contributed by atoms with van der Waals surface area (Å²) >= 11 is 1.48. The molecule has 110 valence electrons. The number of benzene rings is 1. The van der Waals surface area contributed by atoms with E-state index in [-0.39, 0.29) is 17.6 Å². The molecule has 0 radical (unpaired) electrons. The Bertz CT molecular complexity index is 434. The summed E-state index contributed by atoms with van der Waals surface area (Å²) in [5.41, 5.74) is 1.15. The molecule has 0 spiro atoms. The number of nitrogens with one attached hydrogen (secondary N) is 1. The van der Waals surface area contributed by atoms with Crippen LogP contribution in [0.4, 0.5) is 0 Å². The van der Waals surface area contributed by atoms with Crippen LogP contribution in [0.2, 0.25) is 0 Å². The first kappa shape index (κ1) is 16.6. The molecule has 2 N–H and O–H groups in total. The van der Waals surface area contributed by atoms with Gasteiger partial charge in [-0.05, 0) is 17.9 Å². The van der Waals surface area contributed by atoms with Crippen LogP contribution in [0.15, 0.2) is 30.3 Å². The number of aliphatic carboxylic acids is 1. The fraction of sp³-hybridized carbons (Fsp3) is 0.467. The monoisotopic (exact) mass is 295 g/mol. The van der Waals surface area contributed by atoms with E-state index in [0.717, 1.165) is 11.3 Å². The number of carboxylic acid groups (broad SMARTS) is 1. The summed E-state index contributed by atoms with van der Waals surface area (Å²) < 4.78 is 0. The molecule has 1 rings (SSSR count). The smallest absolute Gasteiger partial charge is 0.326 e. The molecular formula is C15H21NO3S. The van der Waals surface area contributed by atoms with Crippen molar-refractivity contribution in [3.8, 4) is 0 Å². The average Bonchev–Trinajstić information content (AvgIpc) is 2.38. The summed E-state index contributed by atoms with van der Waals surface area (Å²) in [4.78, 5) is 22.8. The Kier molecular flexibility index (Phi) is 7.15. The van der Waals surface area contributed by atoms with E-state index in [2.05, 4.69) is 5.32 Å². The Balaban J connectivity index is 2.33. The Morgan fingerprint density at radius 2 is 1.90 bits per heavy atom. The fourth-order valence-corrected chi connectivity index (χ4v) is 2.56. The van der Waals surface area contributed by atoms with E-state index >= 15 is 0 Å². The SMILES string of the molecule is CC(C)C[C@H](NC(=O)CSCc1ccccc1)C(=O)O. The molecule has 1 aromatic carbocycles. The van der Waals surface area contributed by atoms with Crippen molar-refractivity contribution in [3.63, 3.8) is 0 Å². The summed E-state index contributed by atoms with van der Waals surface area (Å²) in [6.07, 6.45) is 0.449. The van der Waals surface area contributed by atoms with Crippen LogP contribution < -0.4 is 5.32 Å². The van der Waals surface area contributed by atoms with Gasteiger partial charge in [0.15, 0.2) is 0 Å². The first-order chi connectivity index (χ1) is 9.49. The molecule has 5 heteroatoms. The van der Waals surface area contributed by atoms with Crippen LogP contribution in [-0.4, -0.2) is 28.8 Å². The summed E-state index contributed by atoms with van der Waals surface area (Å²) in [6.45, 7) is 3.87. The van der Waals surface area contributed by atoms with Crippen molar-refractivity contribution < 1.29 is 14.7 Å². The predicted molar refractivity (Wildman–Crippen MR) is 81.6 cm³/mol. The van der Waals surface area contributed by atoms with Crippen LogP contribution >= 0.6 is 11.8 Å². The minimum atomic E-state index is -0.972. The average molecular weight is 295 g/mol. The number of carbonyl (C=O) groups excluding carboxylic acids is 1. The third-order valence-corrected chi connectivity index (χ3v) is 3.69. The molecule has 0 heterocycles. The molecule has 0 fully saturated rings. The number of hydrogen-bond acceptors (Lipinski definition) is 3. The van der Waals surface area contributed by atoms with Gasteiger partial charge in [0.05, 0.1) is 5.75 Å². The molecule has 1 amide bonds. The van der Waals surface area contributed by atoms with Crippen LogP contribution in [0.5, 0.6) is 0 Å². The molecule has 1 atom stereocenters. The van der Waals surface area contributed by atoms with Crippen molar-refractivity contribution in [1.29, 1.82) is 0 Å². The normalized spacial score (nSPS) is 12.2. The van der Waals surface area contributed by atoms with Gasteiger partial charge in [-0.1, -0.05) is 44.2 Å². The lowest BCUT2D eigenvalue weighted by atomic mass is 10.0. The number of amides is 1. The van der Waals surface area contributed by atoms with Gasteiger partial charge < -0.3 is 10.4 Å². The second-order valence-electron chi connectivity index (χ2n) is 5.07. The van der Waals surface area contributed by atoms with Crippen molar-refractivity contribution in [3.05, 3.63) is 35.9 Å². The lowest BCUT2D eigenvalue weighted by Gasteiger charge is -2.16. The van der Waals surface area contributed by atoms with Crippen molar-refractivity contribution in [2.75, 3.05) is 5.75 Å². The van der Waals surface area contributed by atoms with Crippen LogP contribution in [0.3, 0.4) is 0 Å². The van der Waals surface area contributed by atoms with Gasteiger partial charge >= 0.3 is 5.97 Å². The van der Waals surface area contributed by atoms with E-state index < -0.39 is 12.0 Å². The molecule has 0 bridgehead atoms. The van der Waals surface area contributed by atoms with Crippen molar-refractivity contribution in [2.24, 2.45) is 5.92 Å². The van der Waals surface area contributed by atoms with Gasteiger partial charge in [0.2, 0.25) is 5.91 Å². The molecule has 0 aliphatic carbocycles. The first-order valence-corrected chi connectivity index (χ1v) is 7.78. The second-order valence-corrected chi connectivity index (χ2v) is 6.05. The lowest BCUT2D eigenvalue weighted by molar-refractivity contribution is -0.141. The van der Waals surface area contributed by atoms with E-state index in [4.69, 9.17) is 5.11 Å². The lowest BCUT2D eigenvalue weighted by Crippen LogP contribution is -2.42. The van der Waals surface area contributed by atoms with Crippen molar-refractivity contribution in [2.45, 2.75) is 32.1 Å². The molecule has 0 aliphatic rings. The Morgan fingerprint density at radius 1 is 1.25 bits per heavy atom. The van der Waals surface area contributed by atoms with Gasteiger partial charge in [-0.2, -0.15) is 0 Å². The van der Waals surface area contributed by atoms with E-state index in [1.54, 1.807) is 0 Å². The highest BCUT2D eigenvalue weighted by atomic mass is 32.2. The topological polar surface area (TPSA) is 66.4 Å². The van der Waals surface area contributed by atoms with Crippen molar-refractivity contribution >= 4 is 23.6 Å². The van der Waals surface area contributed by atoms with Crippen molar-refractivity contribution in [1.82, 2.24) is 5.32 Å². The highest BCUT2D eigenvalue weighted by molar-refractivity contribution is 7.99. The van der Waals surface area contributed by atoms with E-state index in [9.17, 15) is 9.59 Å². The molecule has 20 heavy (non-hydrogen) atoms. The summed E-state index contributed by atoms with van der Waals surface area (Å²) in [7, 11) is 0. The van der Waals surface area contributed by atoms with E-state index in [1.807, 2.05) is 44.2 Å². The van der Waals surface area contributed by atoms with Gasteiger partial charge in [-0.15, -0.1) is 11.8 Å². The number of hydrogen-bond donors (Lipinski definition) is 2. The second kappa shape index (κ2) is 8.64. The zero-order valence-corrected chi connectivity index (χ0v) is 12.7. The van der Waals surface area contributed by atoms with Gasteiger partial charge in [-0.3, -0.25) is 4.79 Å². The maximum Gasteiger partial charge on any atom is 0.326 e. The molecule has 4 nitrogen and oxygen atoms in total. The molecule has 0 unspecified atom stereocenters. The molecular weight excluding hydrogens is 274 g/mol. The van der Waals surface area contributed by atoms with Gasteiger partial charge in [0.1, 0.15) is 6.04 Å². The molecule has 0 aliphatic heterocycles. The van der Waals surface area contributed by atoms with Crippen LogP contribution in [0, 0.1) is 5.92 Å². The highest BCUT2D eigenvalue weighted by Gasteiger charge is 2.20. The molecule has 0 aromatic heterocycles. The number of carbonyl (C=O) groups is 2. The van der Waals surface area contributed by atoms with Gasteiger partial charge in [-0.25, -0.2) is 4.79 Å². The Hall–Kier alpha value is -1.49. The third-order valence-electron chi connectivity index (χ3n) is 2.69. The third kappa shape index (κ3) is 6.61. The molecule has 1 aromatic rings. The Labute approximate surface area is 124 Å². The predicted octanol–water partition coefficient (Wildman–Crippen LogP) is 2.54. The minimum Gasteiger partial charge on any atom is -0.480 e. The fourth-order valence-electron chi connectivity index (χ4n) is 1.76. The molecule has 0 saturated carbocycles. The van der Waals surface area contributed by atoms with Crippen LogP contribution in [-0.2, 0) is 15.3 Å². The first-order valence-electron chi connectivity index (χ1n) is 6.63. The maximum atomic E-state index is 11.7. The maximum absolute atomic E-state index is 11.7. The number of carboxylic acids is 1. The number of thioether (sulfide) groups is 1. The van der Waals surface area contributed by atoms with Gasteiger partial charge in [0, 0.05) is 5.75 Å². The molecule has 0 saturated heterocycles. The number of rotatable bonds is 8. The summed E-state index contributed by atoms with van der Waals surface area (Å²) in [6, 6.07) is 9.08. The summed E-state index contributed by atoms with van der Waals surface area (Å²) in [5, 5.41) is 11.6. The minimum absolute atomic E-state index is 0.223. The van der Waals surface area contributed by atoms with Gasteiger partial charge in [0.25, 0.3) is 0 Å². The highest BCUT2D eigenvalue weighted by Crippen LogP contribution is 2.11. The summed E-state index contributed by atoms with van der Waals surface area (Å²) in [5.74, 6) is 0.0555. The zero-order valence-electron chi connectivity index (χ0n) is 11.8. The van der Waals surface area contributed by atoms with Crippen LogP contribution in [0.1, 0.15) is 25.8 Å². The van der Waals surface area contributed by atoms with E-state index in [1.165, 1.54) is 11.8 Å². The largest absolute Gasteiger partial charge is 0.480 e. The standard InChI is InChI=1S/C15H21NO3S/c1-11(2)8-13(15(18)19)16-14(17)10-20-9-12-6-4-3-5-7-12/h3-7,11,13H,8-10H2,1-2H3,(H,16,17)(H,18,19)/t13-/m0/s1.